The van der Waals surface area contributed by atoms with Gasteiger partial charge >= 0.3 is 0 Å². The second-order valence-electron chi connectivity index (χ2n) is 12.0. The number of hydrogen-bond acceptors (Lipinski definition) is 8. The highest BCUT2D eigenvalue weighted by molar-refractivity contribution is 6.31. The number of hydrogen-bond donors (Lipinski definition) is 2. The fourth-order valence-corrected chi connectivity index (χ4v) is 5.83. The number of carbonyl (C=O) groups excluding carboxylic acids is 2. The Morgan fingerprint density at radius 2 is 1.94 bits per heavy atom. The third-order valence-electron chi connectivity index (χ3n) is 8.01. The zero-order valence-corrected chi connectivity index (χ0v) is 26.4. The summed E-state index contributed by atoms with van der Waals surface area (Å²) in [5.74, 6) is -5.10. The van der Waals surface area contributed by atoms with Gasteiger partial charge in [-0.2, -0.15) is 5.26 Å². The molecule has 2 aromatic carbocycles. The topological polar surface area (TPSA) is 128 Å². The second-order valence-corrected chi connectivity index (χ2v) is 12.4. The highest BCUT2D eigenvalue weighted by Crippen LogP contribution is 2.40. The molecule has 2 aliphatic rings. The molecule has 1 aliphatic heterocycles. The highest BCUT2D eigenvalue weighted by Gasteiger charge is 2.48. The molecule has 14 heteroatoms. The predicted molar refractivity (Wildman–Crippen MR) is 166 cm³/mol. The van der Waals surface area contributed by atoms with Crippen LogP contribution in [-0.4, -0.2) is 60.0 Å². The lowest BCUT2D eigenvalue weighted by Crippen LogP contribution is -2.57. The molecule has 0 spiro atoms. The lowest BCUT2D eigenvalue weighted by atomic mass is 9.87. The average molecular weight is 672 g/mol. The molecule has 2 fully saturated rings. The highest BCUT2D eigenvalue weighted by atomic mass is 35.5. The number of amides is 2. The summed E-state index contributed by atoms with van der Waals surface area (Å²) in [4.78, 5) is 36.1. The first-order valence-corrected chi connectivity index (χ1v) is 15.2. The van der Waals surface area contributed by atoms with Crippen molar-refractivity contribution in [2.45, 2.75) is 62.8 Å². The molecule has 1 saturated heterocycles. The number of ether oxygens (including phenoxy) is 2. The number of pyridine rings is 1. The largest absolute Gasteiger partial charge is 0.386 e. The van der Waals surface area contributed by atoms with E-state index in [1.54, 1.807) is 12.1 Å². The summed E-state index contributed by atoms with van der Waals surface area (Å²) < 4.78 is 54.0. The molecule has 2 amide bonds. The molecule has 47 heavy (non-hydrogen) atoms. The molecule has 10 nitrogen and oxygen atoms in total. The summed E-state index contributed by atoms with van der Waals surface area (Å²) in [5.41, 5.74) is -1.14. The van der Waals surface area contributed by atoms with Gasteiger partial charge in [-0.1, -0.05) is 29.8 Å². The monoisotopic (exact) mass is 671 g/mol. The molecule has 248 valence electrons. The van der Waals surface area contributed by atoms with Gasteiger partial charge in [-0.05, 0) is 55.8 Å². The third kappa shape index (κ3) is 7.85. The standard InChI is InChI=1S/C33H33ClF3N5O5/c1-32(2,45)21-12-22(35)14-24(13-21)42(29(25-5-3-4-6-26(25)34)30(43)40-23-15-33(36,37)16-23)31(44)27-8-10-46-19-47-18-41(27)28-11-20(17-38)7-9-39-28/h3-7,9,11-14,23,27,29,45H,8,10,15-16,18-19H2,1-2H3,(H,40,43)/t27-,29-/m0/s1. The molecular formula is C33H33ClF3N5O5. The maximum absolute atomic E-state index is 15.3. The molecule has 1 aromatic heterocycles. The predicted octanol–water partition coefficient (Wildman–Crippen LogP) is 5.19. The van der Waals surface area contributed by atoms with Gasteiger partial charge in [0.15, 0.2) is 0 Å². The molecule has 0 bridgehead atoms. The Kier molecular flexibility index (Phi) is 10.1. The van der Waals surface area contributed by atoms with E-state index in [0.29, 0.717) is 0 Å². The number of alkyl halides is 2. The van der Waals surface area contributed by atoms with Crippen LogP contribution in [0.5, 0.6) is 0 Å². The van der Waals surface area contributed by atoms with E-state index in [1.165, 1.54) is 55.3 Å². The SMILES string of the molecule is CC(C)(O)c1cc(F)cc(N(C(=O)[C@@H]2CCOCOCN2c2cc(C#N)ccn2)[C@H](C(=O)NC2CC(F)(F)C2)c2ccccc2Cl)c1. The number of benzene rings is 2. The molecule has 1 saturated carbocycles. The fourth-order valence-electron chi connectivity index (χ4n) is 5.59. The van der Waals surface area contributed by atoms with Crippen LogP contribution in [-0.2, 0) is 24.7 Å². The van der Waals surface area contributed by atoms with Crippen LogP contribution in [0.15, 0.2) is 60.8 Å². The number of aromatic nitrogens is 1. The minimum Gasteiger partial charge on any atom is -0.386 e. The van der Waals surface area contributed by atoms with Crippen LogP contribution in [0.25, 0.3) is 0 Å². The van der Waals surface area contributed by atoms with Crippen molar-refractivity contribution in [2.24, 2.45) is 0 Å². The molecule has 1 aliphatic carbocycles. The number of nitrogens with one attached hydrogen (secondary N) is 1. The quantitative estimate of drug-likeness (QED) is 0.335. The fraction of sp³-hybridized carbons (Fsp3) is 0.394. The first-order valence-electron chi connectivity index (χ1n) is 14.8. The van der Waals surface area contributed by atoms with Gasteiger partial charge in [0.25, 0.3) is 11.8 Å². The minimum atomic E-state index is -2.94. The van der Waals surface area contributed by atoms with Crippen LogP contribution in [0.2, 0.25) is 5.02 Å². The Balaban J connectivity index is 1.69. The first kappa shape index (κ1) is 34.1. The van der Waals surface area contributed by atoms with Gasteiger partial charge in [-0.3, -0.25) is 14.5 Å². The van der Waals surface area contributed by atoms with Crippen molar-refractivity contribution in [3.05, 3.63) is 88.3 Å². The van der Waals surface area contributed by atoms with E-state index in [4.69, 9.17) is 21.1 Å². The van der Waals surface area contributed by atoms with Crippen molar-refractivity contribution in [3.63, 3.8) is 0 Å². The van der Waals surface area contributed by atoms with Gasteiger partial charge in [-0.15, -0.1) is 0 Å². The van der Waals surface area contributed by atoms with Crippen LogP contribution < -0.4 is 15.1 Å². The van der Waals surface area contributed by atoms with Gasteiger partial charge in [0.1, 0.15) is 37.2 Å². The summed E-state index contributed by atoms with van der Waals surface area (Å²) in [6.45, 7) is 2.62. The van der Waals surface area contributed by atoms with Crippen molar-refractivity contribution >= 4 is 34.9 Å². The number of rotatable bonds is 8. The lowest BCUT2D eigenvalue weighted by molar-refractivity contribution is -0.133. The van der Waals surface area contributed by atoms with Gasteiger partial charge in [0.2, 0.25) is 5.91 Å². The van der Waals surface area contributed by atoms with E-state index in [1.807, 2.05) is 6.07 Å². The van der Waals surface area contributed by atoms with Gasteiger partial charge < -0.3 is 24.8 Å². The Labute approximate surface area is 274 Å². The summed E-state index contributed by atoms with van der Waals surface area (Å²) in [6.07, 6.45) is 0.281. The van der Waals surface area contributed by atoms with Crippen molar-refractivity contribution in [3.8, 4) is 6.07 Å². The third-order valence-corrected chi connectivity index (χ3v) is 8.35. The van der Waals surface area contributed by atoms with Crippen LogP contribution in [0.4, 0.5) is 24.7 Å². The number of nitriles is 1. The lowest BCUT2D eigenvalue weighted by Gasteiger charge is -2.41. The molecule has 2 heterocycles. The van der Waals surface area contributed by atoms with Crippen LogP contribution >= 0.6 is 11.6 Å². The Morgan fingerprint density at radius 1 is 1.19 bits per heavy atom. The van der Waals surface area contributed by atoms with Crippen LogP contribution in [0.1, 0.15) is 55.8 Å². The van der Waals surface area contributed by atoms with Crippen molar-refractivity contribution < 1.29 is 37.3 Å². The maximum atomic E-state index is 15.3. The normalized spacial score (nSPS) is 19.0. The molecule has 0 unspecified atom stereocenters. The van der Waals surface area contributed by atoms with Gasteiger partial charge in [0.05, 0.1) is 23.8 Å². The Bertz CT molecular complexity index is 1670. The molecular weight excluding hydrogens is 639 g/mol. The zero-order chi connectivity index (χ0) is 33.9. The minimum absolute atomic E-state index is 0.0386. The average Bonchev–Trinajstić information content (AvgIpc) is 2.98. The van der Waals surface area contributed by atoms with E-state index in [-0.39, 0.29) is 59.8 Å². The van der Waals surface area contributed by atoms with Crippen LogP contribution in [0, 0.1) is 17.1 Å². The van der Waals surface area contributed by atoms with E-state index in [2.05, 4.69) is 10.3 Å². The van der Waals surface area contributed by atoms with E-state index in [0.717, 1.165) is 17.0 Å². The molecule has 0 radical (unpaired) electrons. The number of anilines is 2. The summed E-state index contributed by atoms with van der Waals surface area (Å²) in [6, 6.07) is 11.1. The molecule has 3 aromatic rings. The Hall–Kier alpha value is -4.22. The first-order chi connectivity index (χ1) is 22.3. The van der Waals surface area contributed by atoms with Crippen molar-refractivity contribution in [1.82, 2.24) is 10.3 Å². The van der Waals surface area contributed by atoms with Gasteiger partial charge in [0, 0.05) is 47.8 Å². The maximum Gasteiger partial charge on any atom is 0.252 e. The zero-order valence-electron chi connectivity index (χ0n) is 25.6. The van der Waals surface area contributed by atoms with Crippen LogP contribution in [0.3, 0.4) is 0 Å². The van der Waals surface area contributed by atoms with E-state index >= 15 is 9.18 Å². The van der Waals surface area contributed by atoms with E-state index in [9.17, 15) is 23.9 Å². The Morgan fingerprint density at radius 3 is 2.62 bits per heavy atom. The molecule has 5 rings (SSSR count). The number of carbonyl (C=O) groups is 2. The van der Waals surface area contributed by atoms with E-state index < -0.39 is 60.1 Å². The molecule has 2 N–H and O–H groups in total. The van der Waals surface area contributed by atoms with Gasteiger partial charge in [-0.25, -0.2) is 18.2 Å². The number of halogens is 4. The summed E-state index contributed by atoms with van der Waals surface area (Å²) in [7, 11) is 0. The summed E-state index contributed by atoms with van der Waals surface area (Å²) >= 11 is 6.61. The smallest absolute Gasteiger partial charge is 0.252 e. The second kappa shape index (κ2) is 13.9. The molecule has 2 atom stereocenters. The number of nitrogens with zero attached hydrogens (tertiary/aromatic N) is 4. The number of aliphatic hydroxyl groups is 1. The van der Waals surface area contributed by atoms with Crippen molar-refractivity contribution in [1.29, 1.82) is 5.26 Å². The summed E-state index contributed by atoms with van der Waals surface area (Å²) in [5, 5.41) is 23.0. The van der Waals surface area contributed by atoms with Crippen molar-refractivity contribution in [2.75, 3.05) is 29.9 Å².